The van der Waals surface area contributed by atoms with Gasteiger partial charge in [0.15, 0.2) is 0 Å². The van der Waals surface area contributed by atoms with Crippen molar-refractivity contribution in [1.29, 1.82) is 0 Å². The van der Waals surface area contributed by atoms with Gasteiger partial charge in [-0.15, -0.1) is 0 Å². The molecular formula is C26H25N3O3. The number of nitrogens with zero attached hydrogens (tertiary/aromatic N) is 3. The van der Waals surface area contributed by atoms with Gasteiger partial charge in [0.1, 0.15) is 24.4 Å². The molecule has 0 aliphatic carbocycles. The highest BCUT2D eigenvalue weighted by Gasteiger charge is 2.24. The first-order valence-electron chi connectivity index (χ1n) is 10.8. The normalized spacial score (nSPS) is 13.1. The molecule has 2 aromatic heterocycles. The van der Waals surface area contributed by atoms with Gasteiger partial charge in [-0.25, -0.2) is 0 Å². The summed E-state index contributed by atoms with van der Waals surface area (Å²) >= 11 is 0. The zero-order valence-electron chi connectivity index (χ0n) is 18.2. The highest BCUT2D eigenvalue weighted by Crippen LogP contribution is 2.32. The van der Waals surface area contributed by atoms with E-state index in [4.69, 9.17) is 4.74 Å². The van der Waals surface area contributed by atoms with Crippen molar-refractivity contribution in [2.45, 2.75) is 26.9 Å². The topological polar surface area (TPSA) is 56.5 Å². The summed E-state index contributed by atoms with van der Waals surface area (Å²) in [5.74, 6) is 0.573. The fourth-order valence-corrected chi connectivity index (χ4v) is 4.33. The van der Waals surface area contributed by atoms with Crippen LogP contribution in [0.25, 0.3) is 10.9 Å². The number of hydrogen-bond acceptors (Lipinski definition) is 3. The van der Waals surface area contributed by atoms with Gasteiger partial charge in [0.05, 0.1) is 12.2 Å². The Morgan fingerprint density at radius 2 is 1.75 bits per heavy atom. The molecule has 1 aliphatic heterocycles. The lowest BCUT2D eigenvalue weighted by atomic mass is 10.1. The average molecular weight is 428 g/mol. The first kappa shape index (κ1) is 20.1. The van der Waals surface area contributed by atoms with E-state index in [1.54, 1.807) is 11.1 Å². The summed E-state index contributed by atoms with van der Waals surface area (Å²) in [5, 5.41) is 0.874. The Labute approximate surface area is 186 Å². The fourth-order valence-electron chi connectivity index (χ4n) is 4.33. The van der Waals surface area contributed by atoms with Crippen molar-refractivity contribution in [3.63, 3.8) is 0 Å². The minimum Gasteiger partial charge on any atom is -0.490 e. The van der Waals surface area contributed by atoms with Crippen molar-refractivity contribution in [2.24, 2.45) is 0 Å². The summed E-state index contributed by atoms with van der Waals surface area (Å²) in [6, 6.07) is 17.9. The van der Waals surface area contributed by atoms with Crippen LogP contribution in [0, 0.1) is 13.8 Å². The summed E-state index contributed by atoms with van der Waals surface area (Å²) in [4.78, 5) is 28.2. The Morgan fingerprint density at radius 3 is 2.56 bits per heavy atom. The number of fused-ring (bicyclic) bond motifs is 2. The maximum atomic E-state index is 13.3. The zero-order chi connectivity index (χ0) is 22.2. The number of rotatable bonds is 4. The number of carbonyl (C=O) groups excluding carboxylic acids is 1. The van der Waals surface area contributed by atoms with Gasteiger partial charge in [0, 0.05) is 24.3 Å². The van der Waals surface area contributed by atoms with Crippen LogP contribution in [-0.4, -0.2) is 28.2 Å². The number of amides is 1. The number of benzene rings is 2. The molecule has 0 saturated carbocycles. The molecule has 6 nitrogen and oxygen atoms in total. The lowest BCUT2D eigenvalue weighted by Gasteiger charge is -2.30. The molecule has 162 valence electrons. The van der Waals surface area contributed by atoms with Crippen molar-refractivity contribution < 1.29 is 9.53 Å². The van der Waals surface area contributed by atoms with E-state index in [-0.39, 0.29) is 18.0 Å². The molecule has 0 atom stereocenters. The van der Waals surface area contributed by atoms with Crippen LogP contribution in [0.1, 0.15) is 16.7 Å². The van der Waals surface area contributed by atoms with Gasteiger partial charge < -0.3 is 18.8 Å². The summed E-state index contributed by atoms with van der Waals surface area (Å²) in [6.07, 6.45) is 3.64. The predicted molar refractivity (Wildman–Crippen MR) is 126 cm³/mol. The second kappa shape index (κ2) is 8.04. The van der Waals surface area contributed by atoms with Crippen molar-refractivity contribution in [3.8, 4) is 5.75 Å². The Hall–Kier alpha value is -3.80. The number of carbonyl (C=O) groups is 1. The molecule has 3 heterocycles. The van der Waals surface area contributed by atoms with Gasteiger partial charge in [0.25, 0.3) is 5.56 Å². The lowest BCUT2D eigenvalue weighted by molar-refractivity contribution is -0.119. The van der Waals surface area contributed by atoms with Crippen LogP contribution in [0.15, 0.2) is 71.8 Å². The number of anilines is 1. The molecular weight excluding hydrogens is 402 g/mol. The van der Waals surface area contributed by atoms with Gasteiger partial charge in [0.2, 0.25) is 5.91 Å². The van der Waals surface area contributed by atoms with Crippen LogP contribution < -0.4 is 15.2 Å². The predicted octanol–water partition coefficient (Wildman–Crippen LogP) is 3.89. The highest BCUT2D eigenvalue weighted by molar-refractivity contribution is 5.95. The van der Waals surface area contributed by atoms with E-state index in [0.717, 1.165) is 22.2 Å². The molecule has 0 radical (unpaired) electrons. The van der Waals surface area contributed by atoms with Crippen molar-refractivity contribution in [3.05, 3.63) is 94.0 Å². The molecule has 4 aromatic rings. The Morgan fingerprint density at radius 1 is 0.969 bits per heavy atom. The minimum absolute atomic E-state index is 0.0161. The standard InChI is InChI=1S/C26H25N3O3/c1-18-4-3-5-20(14-18)16-27-10-8-21-9-11-28(26(31)25(21)27)17-24(30)29-12-13-32-23-7-6-19(2)15-22(23)29/h3-11,14-15H,12-13,16-17H2,1-2H3. The average Bonchev–Trinajstić information content (AvgIpc) is 3.18. The molecule has 6 heteroatoms. The van der Waals surface area contributed by atoms with Gasteiger partial charge in [-0.05, 0) is 49.2 Å². The second-order valence-corrected chi connectivity index (χ2v) is 8.35. The summed E-state index contributed by atoms with van der Waals surface area (Å²) in [5.41, 5.74) is 4.58. The molecule has 2 aromatic carbocycles. The zero-order valence-corrected chi connectivity index (χ0v) is 18.2. The molecule has 0 saturated heterocycles. The summed E-state index contributed by atoms with van der Waals surface area (Å²) in [6.45, 7) is 5.54. The Balaban J connectivity index is 1.46. The molecule has 1 amide bonds. The maximum absolute atomic E-state index is 13.3. The third-order valence-electron chi connectivity index (χ3n) is 5.91. The second-order valence-electron chi connectivity index (χ2n) is 8.35. The van der Waals surface area contributed by atoms with Crippen molar-refractivity contribution in [2.75, 3.05) is 18.1 Å². The van der Waals surface area contributed by atoms with Crippen LogP contribution in [0.2, 0.25) is 0 Å². The highest BCUT2D eigenvalue weighted by atomic mass is 16.5. The van der Waals surface area contributed by atoms with Crippen molar-refractivity contribution >= 4 is 22.5 Å². The number of aryl methyl sites for hydroxylation is 2. The molecule has 0 bridgehead atoms. The molecule has 0 N–H and O–H groups in total. The van der Waals surface area contributed by atoms with E-state index in [2.05, 4.69) is 25.1 Å². The summed E-state index contributed by atoms with van der Waals surface area (Å²) < 4.78 is 9.16. The molecule has 0 spiro atoms. The number of aromatic nitrogens is 2. The maximum Gasteiger partial charge on any atom is 0.275 e. The lowest BCUT2D eigenvalue weighted by Crippen LogP contribution is -2.41. The molecule has 0 fully saturated rings. The van der Waals surface area contributed by atoms with Crippen LogP contribution >= 0.6 is 0 Å². The van der Waals surface area contributed by atoms with Gasteiger partial charge >= 0.3 is 0 Å². The molecule has 1 aliphatic rings. The van der Waals surface area contributed by atoms with E-state index in [1.165, 1.54) is 10.1 Å². The van der Waals surface area contributed by atoms with Gasteiger partial charge in [-0.2, -0.15) is 0 Å². The summed E-state index contributed by atoms with van der Waals surface area (Å²) in [7, 11) is 0. The third-order valence-corrected chi connectivity index (χ3v) is 5.91. The first-order valence-corrected chi connectivity index (χ1v) is 10.8. The molecule has 32 heavy (non-hydrogen) atoms. The van der Waals surface area contributed by atoms with Crippen molar-refractivity contribution in [1.82, 2.24) is 9.13 Å². The van der Waals surface area contributed by atoms with Crippen LogP contribution in [0.4, 0.5) is 5.69 Å². The van der Waals surface area contributed by atoms with Gasteiger partial charge in [-0.3, -0.25) is 9.59 Å². The number of ether oxygens (including phenoxy) is 1. The van der Waals surface area contributed by atoms with Crippen LogP contribution in [-0.2, 0) is 17.9 Å². The quantitative estimate of drug-likeness (QED) is 0.497. The first-order chi connectivity index (χ1) is 15.5. The van der Waals surface area contributed by atoms with Crippen LogP contribution in [0.5, 0.6) is 5.75 Å². The Kier molecular flexibility index (Phi) is 5.05. The number of hydrogen-bond donors (Lipinski definition) is 0. The van der Waals surface area contributed by atoms with Crippen LogP contribution in [0.3, 0.4) is 0 Å². The van der Waals surface area contributed by atoms with Gasteiger partial charge in [-0.1, -0.05) is 35.9 Å². The fraction of sp³-hybridized carbons (Fsp3) is 0.231. The monoisotopic (exact) mass is 427 g/mol. The largest absolute Gasteiger partial charge is 0.490 e. The molecule has 5 rings (SSSR count). The van der Waals surface area contributed by atoms with E-state index in [9.17, 15) is 9.59 Å². The van der Waals surface area contributed by atoms with E-state index in [1.807, 2.05) is 54.1 Å². The van der Waals surface area contributed by atoms with E-state index >= 15 is 0 Å². The smallest absolute Gasteiger partial charge is 0.275 e. The SMILES string of the molecule is Cc1cccc(Cn2ccc3ccn(CC(=O)N4CCOc5ccc(C)cc54)c(=O)c32)c1. The Bertz CT molecular complexity index is 1380. The molecule has 0 unspecified atom stereocenters. The van der Waals surface area contributed by atoms with E-state index < -0.39 is 0 Å². The van der Waals surface area contributed by atoms with E-state index in [0.29, 0.717) is 31.0 Å². The third kappa shape index (κ3) is 3.68. The minimum atomic E-state index is -0.161. The number of pyridine rings is 1.